The van der Waals surface area contributed by atoms with Gasteiger partial charge in [-0.2, -0.15) is 5.10 Å². The second-order valence-electron chi connectivity index (χ2n) is 4.35. The highest BCUT2D eigenvalue weighted by molar-refractivity contribution is 9.10. The highest BCUT2D eigenvalue weighted by Crippen LogP contribution is 2.26. The van der Waals surface area contributed by atoms with E-state index in [4.69, 9.17) is 10.5 Å². The fourth-order valence-electron chi connectivity index (χ4n) is 1.59. The van der Waals surface area contributed by atoms with Gasteiger partial charge in [-0.1, -0.05) is 15.9 Å². The molecule has 4 nitrogen and oxygen atoms in total. The van der Waals surface area contributed by atoms with Gasteiger partial charge in [0.2, 0.25) is 0 Å². The van der Waals surface area contributed by atoms with Crippen LogP contribution in [0.3, 0.4) is 0 Å². The van der Waals surface area contributed by atoms with Crippen LogP contribution >= 0.6 is 15.9 Å². The molecule has 18 heavy (non-hydrogen) atoms. The molecule has 2 rings (SSSR count). The minimum atomic E-state index is 0.324. The molecule has 96 valence electrons. The molecular formula is C13H16BrN3O. The van der Waals surface area contributed by atoms with Gasteiger partial charge in [-0.25, -0.2) is 0 Å². The molecule has 2 aromatic rings. The largest absolute Gasteiger partial charge is 0.454 e. The zero-order valence-corrected chi connectivity index (χ0v) is 12.0. The Morgan fingerprint density at radius 3 is 2.72 bits per heavy atom. The molecule has 1 aromatic heterocycles. The van der Waals surface area contributed by atoms with Crippen molar-refractivity contribution in [3.63, 3.8) is 0 Å². The van der Waals surface area contributed by atoms with Crippen LogP contribution in [0.25, 0.3) is 0 Å². The standard InChI is InChI=1S/C13H16BrN3O/c1-9(2)17-8-13(7-16-17)18-12-4-10(6-15)3-11(14)5-12/h3-5,7-9H,6,15H2,1-2H3. The zero-order valence-electron chi connectivity index (χ0n) is 10.4. The number of rotatable bonds is 4. The van der Waals surface area contributed by atoms with Gasteiger partial charge in [0.1, 0.15) is 5.75 Å². The Morgan fingerprint density at radius 2 is 2.11 bits per heavy atom. The van der Waals surface area contributed by atoms with E-state index in [0.29, 0.717) is 12.6 Å². The Balaban J connectivity index is 2.19. The minimum Gasteiger partial charge on any atom is -0.454 e. The summed E-state index contributed by atoms with van der Waals surface area (Å²) in [7, 11) is 0. The first-order chi connectivity index (χ1) is 8.58. The van der Waals surface area contributed by atoms with Gasteiger partial charge >= 0.3 is 0 Å². The Hall–Kier alpha value is -1.33. The first kappa shape index (κ1) is 13.1. The van der Waals surface area contributed by atoms with Crippen LogP contribution in [0, 0.1) is 0 Å². The number of hydrogen-bond acceptors (Lipinski definition) is 3. The fourth-order valence-corrected chi connectivity index (χ4v) is 2.11. The Bertz CT molecular complexity index is 537. The average Bonchev–Trinajstić information content (AvgIpc) is 2.76. The van der Waals surface area contributed by atoms with E-state index in [2.05, 4.69) is 34.9 Å². The third-order valence-electron chi connectivity index (χ3n) is 2.51. The third-order valence-corrected chi connectivity index (χ3v) is 2.97. The van der Waals surface area contributed by atoms with Gasteiger partial charge < -0.3 is 10.5 Å². The molecule has 0 bridgehead atoms. The molecule has 0 aliphatic rings. The van der Waals surface area contributed by atoms with E-state index in [0.717, 1.165) is 21.5 Å². The summed E-state index contributed by atoms with van der Waals surface area (Å²) in [4.78, 5) is 0. The van der Waals surface area contributed by atoms with Gasteiger partial charge in [-0.3, -0.25) is 4.68 Å². The minimum absolute atomic E-state index is 0.324. The van der Waals surface area contributed by atoms with Crippen molar-refractivity contribution >= 4 is 15.9 Å². The molecule has 0 atom stereocenters. The number of nitrogens with zero attached hydrogens (tertiary/aromatic N) is 2. The molecule has 5 heteroatoms. The Morgan fingerprint density at radius 1 is 1.33 bits per heavy atom. The number of halogens is 1. The van der Waals surface area contributed by atoms with Crippen LogP contribution in [0.4, 0.5) is 0 Å². The van der Waals surface area contributed by atoms with E-state index in [1.54, 1.807) is 6.20 Å². The van der Waals surface area contributed by atoms with E-state index in [1.807, 2.05) is 29.1 Å². The second-order valence-corrected chi connectivity index (χ2v) is 5.27. The predicted molar refractivity (Wildman–Crippen MR) is 74.7 cm³/mol. The number of nitrogens with two attached hydrogens (primary N) is 1. The van der Waals surface area contributed by atoms with Crippen LogP contribution < -0.4 is 10.5 Å². The lowest BCUT2D eigenvalue weighted by atomic mass is 10.2. The fraction of sp³-hybridized carbons (Fsp3) is 0.308. The lowest BCUT2D eigenvalue weighted by Gasteiger charge is -2.06. The maximum atomic E-state index is 5.76. The molecule has 2 N–H and O–H groups in total. The molecule has 0 aliphatic carbocycles. The van der Waals surface area contributed by atoms with Crippen molar-refractivity contribution in [3.05, 3.63) is 40.6 Å². The lowest BCUT2D eigenvalue weighted by Crippen LogP contribution is -1.99. The quantitative estimate of drug-likeness (QED) is 0.940. The first-order valence-electron chi connectivity index (χ1n) is 5.80. The molecule has 1 aromatic carbocycles. The average molecular weight is 310 g/mol. The molecule has 0 unspecified atom stereocenters. The summed E-state index contributed by atoms with van der Waals surface area (Å²) < 4.78 is 8.58. The maximum absolute atomic E-state index is 5.76. The van der Waals surface area contributed by atoms with Gasteiger partial charge in [0.15, 0.2) is 5.75 Å². The van der Waals surface area contributed by atoms with Crippen LogP contribution in [0.5, 0.6) is 11.5 Å². The van der Waals surface area contributed by atoms with Crippen molar-refractivity contribution in [1.82, 2.24) is 9.78 Å². The summed E-state index contributed by atoms with van der Waals surface area (Å²) in [6, 6.07) is 6.14. The highest BCUT2D eigenvalue weighted by Gasteiger charge is 2.05. The van der Waals surface area contributed by atoms with E-state index in [-0.39, 0.29) is 0 Å². The molecule has 0 aliphatic heterocycles. The highest BCUT2D eigenvalue weighted by atomic mass is 79.9. The molecule has 0 radical (unpaired) electrons. The number of hydrogen-bond donors (Lipinski definition) is 1. The topological polar surface area (TPSA) is 53.1 Å². The summed E-state index contributed by atoms with van der Waals surface area (Å²) >= 11 is 3.44. The molecule has 0 amide bonds. The third kappa shape index (κ3) is 3.11. The molecule has 0 spiro atoms. The molecule has 0 fully saturated rings. The van der Waals surface area contributed by atoms with Crippen molar-refractivity contribution in [2.24, 2.45) is 5.73 Å². The number of ether oxygens (including phenoxy) is 1. The van der Waals surface area contributed by atoms with Gasteiger partial charge in [0, 0.05) is 17.1 Å². The van der Waals surface area contributed by atoms with Gasteiger partial charge in [0.25, 0.3) is 0 Å². The van der Waals surface area contributed by atoms with Crippen molar-refractivity contribution in [3.8, 4) is 11.5 Å². The maximum Gasteiger partial charge on any atom is 0.165 e. The summed E-state index contributed by atoms with van der Waals surface area (Å²) in [5.41, 5.74) is 6.66. The van der Waals surface area contributed by atoms with E-state index >= 15 is 0 Å². The SMILES string of the molecule is CC(C)n1cc(Oc2cc(Br)cc(CN)c2)cn1. The van der Waals surface area contributed by atoms with Gasteiger partial charge in [-0.15, -0.1) is 0 Å². The van der Waals surface area contributed by atoms with Crippen LogP contribution in [-0.2, 0) is 6.54 Å². The first-order valence-corrected chi connectivity index (χ1v) is 6.59. The Labute approximate surface area is 115 Å². The normalized spacial score (nSPS) is 10.9. The summed E-state index contributed by atoms with van der Waals surface area (Å²) in [6.45, 7) is 4.63. The van der Waals surface area contributed by atoms with Crippen LogP contribution in [-0.4, -0.2) is 9.78 Å². The molecule has 0 saturated heterocycles. The van der Waals surface area contributed by atoms with E-state index in [1.165, 1.54) is 0 Å². The zero-order chi connectivity index (χ0) is 13.1. The van der Waals surface area contributed by atoms with Crippen molar-refractivity contribution < 1.29 is 4.74 Å². The monoisotopic (exact) mass is 309 g/mol. The molecule has 1 heterocycles. The van der Waals surface area contributed by atoms with Crippen molar-refractivity contribution in [1.29, 1.82) is 0 Å². The number of benzene rings is 1. The van der Waals surface area contributed by atoms with Crippen molar-refractivity contribution in [2.75, 3.05) is 0 Å². The molecular weight excluding hydrogens is 294 g/mol. The van der Waals surface area contributed by atoms with Gasteiger partial charge in [-0.05, 0) is 37.6 Å². The Kier molecular flexibility index (Phi) is 4.04. The predicted octanol–water partition coefficient (Wildman–Crippen LogP) is 3.48. The van der Waals surface area contributed by atoms with E-state index in [9.17, 15) is 0 Å². The van der Waals surface area contributed by atoms with Crippen LogP contribution in [0.2, 0.25) is 0 Å². The second kappa shape index (κ2) is 5.54. The lowest BCUT2D eigenvalue weighted by molar-refractivity contribution is 0.476. The molecule has 0 saturated carbocycles. The number of aromatic nitrogens is 2. The van der Waals surface area contributed by atoms with Gasteiger partial charge in [0.05, 0.1) is 12.4 Å². The van der Waals surface area contributed by atoms with Crippen molar-refractivity contribution in [2.45, 2.75) is 26.4 Å². The van der Waals surface area contributed by atoms with E-state index < -0.39 is 0 Å². The summed E-state index contributed by atoms with van der Waals surface area (Å²) in [5.74, 6) is 1.48. The van der Waals surface area contributed by atoms with Crippen LogP contribution in [0.15, 0.2) is 35.1 Å². The van der Waals surface area contributed by atoms with Crippen LogP contribution in [0.1, 0.15) is 25.5 Å². The summed E-state index contributed by atoms with van der Waals surface area (Å²) in [5, 5.41) is 4.23. The summed E-state index contributed by atoms with van der Waals surface area (Å²) in [6.07, 6.45) is 3.59. The smallest absolute Gasteiger partial charge is 0.165 e.